The number of hydrogen-bond donors (Lipinski definition) is 1. The van der Waals surface area contributed by atoms with Gasteiger partial charge in [-0.15, -0.1) is 0 Å². The van der Waals surface area contributed by atoms with Crippen LogP contribution in [0.15, 0.2) is 95.3 Å². The molecule has 0 bridgehead atoms. The van der Waals surface area contributed by atoms with E-state index in [1.54, 1.807) is 21.1 Å². The number of dihydropyridines is 1. The Bertz CT molecular complexity index is 1510. The molecule has 0 saturated heterocycles. The lowest BCUT2D eigenvalue weighted by Gasteiger charge is -2.37. The van der Waals surface area contributed by atoms with Gasteiger partial charge in [0.2, 0.25) is 0 Å². The first kappa shape index (κ1) is 28.0. The summed E-state index contributed by atoms with van der Waals surface area (Å²) in [5, 5.41) is 3.39. The van der Waals surface area contributed by atoms with Gasteiger partial charge in [0.1, 0.15) is 12.4 Å². The molecule has 2 unspecified atom stereocenters. The van der Waals surface area contributed by atoms with E-state index >= 15 is 0 Å². The van der Waals surface area contributed by atoms with Crippen molar-refractivity contribution in [3.8, 4) is 17.2 Å². The molecule has 3 aromatic carbocycles. The van der Waals surface area contributed by atoms with Gasteiger partial charge < -0.3 is 24.3 Å². The number of benzene rings is 3. The third kappa shape index (κ3) is 5.71. The number of rotatable bonds is 9. The van der Waals surface area contributed by atoms with E-state index in [1.807, 2.05) is 79.7 Å². The van der Waals surface area contributed by atoms with Gasteiger partial charge in [-0.1, -0.05) is 54.6 Å². The number of nitrogens with one attached hydrogen (secondary N) is 1. The SMILES string of the molecule is CCOC(=O)C1=C(C)NC2=C(C(=O)CC(c3ccccc3OC)C2)C1c1ccc(OCc2ccccc2)c(OC)c1. The average Bonchev–Trinajstić information content (AvgIpc) is 2.99. The Balaban J connectivity index is 1.54. The summed E-state index contributed by atoms with van der Waals surface area (Å²) in [6.07, 6.45) is 0.919. The third-order valence-corrected chi connectivity index (χ3v) is 7.66. The van der Waals surface area contributed by atoms with Crippen LogP contribution in [0.2, 0.25) is 0 Å². The predicted molar refractivity (Wildman–Crippen MR) is 156 cm³/mol. The molecular weight excluding hydrogens is 518 g/mol. The zero-order valence-electron chi connectivity index (χ0n) is 23.9. The van der Waals surface area contributed by atoms with Crippen LogP contribution in [-0.4, -0.2) is 32.6 Å². The van der Waals surface area contributed by atoms with Gasteiger partial charge in [-0.05, 0) is 55.2 Å². The maximum atomic E-state index is 13.9. The van der Waals surface area contributed by atoms with Crippen LogP contribution in [0.1, 0.15) is 55.2 Å². The van der Waals surface area contributed by atoms with Crippen molar-refractivity contribution < 1.29 is 28.5 Å². The molecule has 1 aliphatic heterocycles. The lowest BCUT2D eigenvalue weighted by atomic mass is 9.71. The Morgan fingerprint density at radius 1 is 0.902 bits per heavy atom. The van der Waals surface area contributed by atoms with Crippen LogP contribution in [-0.2, 0) is 20.9 Å². The average molecular weight is 554 g/mol. The van der Waals surface area contributed by atoms with Gasteiger partial charge in [-0.3, -0.25) is 4.79 Å². The summed E-state index contributed by atoms with van der Waals surface area (Å²) < 4.78 is 22.8. The van der Waals surface area contributed by atoms with Gasteiger partial charge in [0.15, 0.2) is 17.3 Å². The summed E-state index contributed by atoms with van der Waals surface area (Å²) in [6, 6.07) is 23.3. The van der Waals surface area contributed by atoms with Gasteiger partial charge in [0, 0.05) is 35.2 Å². The van der Waals surface area contributed by atoms with E-state index in [0.717, 1.165) is 28.1 Å². The maximum absolute atomic E-state index is 13.9. The van der Waals surface area contributed by atoms with Crippen LogP contribution in [0, 0.1) is 0 Å². The number of ether oxygens (including phenoxy) is 4. The van der Waals surface area contributed by atoms with Crippen LogP contribution in [0.3, 0.4) is 0 Å². The lowest BCUT2D eigenvalue weighted by molar-refractivity contribution is -0.138. The van der Waals surface area contributed by atoms with Crippen molar-refractivity contribution in [3.63, 3.8) is 0 Å². The largest absolute Gasteiger partial charge is 0.496 e. The first-order valence-corrected chi connectivity index (χ1v) is 13.8. The number of methoxy groups -OCH3 is 2. The van der Waals surface area contributed by atoms with Crippen LogP contribution in [0.5, 0.6) is 17.2 Å². The highest BCUT2D eigenvalue weighted by Crippen LogP contribution is 2.48. The van der Waals surface area contributed by atoms with Crippen molar-refractivity contribution >= 4 is 11.8 Å². The fraction of sp³-hybridized carbons (Fsp3) is 0.294. The molecule has 0 saturated carbocycles. The second-order valence-corrected chi connectivity index (χ2v) is 10.2. The Labute approximate surface area is 240 Å². The van der Waals surface area contributed by atoms with E-state index in [4.69, 9.17) is 18.9 Å². The predicted octanol–water partition coefficient (Wildman–Crippen LogP) is 6.21. The van der Waals surface area contributed by atoms with Crippen molar-refractivity contribution in [2.24, 2.45) is 0 Å². The van der Waals surface area contributed by atoms with Crippen molar-refractivity contribution in [2.75, 3.05) is 20.8 Å². The molecule has 1 heterocycles. The fourth-order valence-corrected chi connectivity index (χ4v) is 5.79. The molecule has 5 rings (SSSR count). The van der Waals surface area contributed by atoms with E-state index in [0.29, 0.717) is 47.8 Å². The van der Waals surface area contributed by atoms with E-state index < -0.39 is 11.9 Å². The molecule has 7 heteroatoms. The zero-order valence-corrected chi connectivity index (χ0v) is 23.9. The Morgan fingerprint density at radius 3 is 2.37 bits per heavy atom. The van der Waals surface area contributed by atoms with Crippen molar-refractivity contribution in [1.82, 2.24) is 5.32 Å². The number of ketones is 1. The molecule has 1 N–H and O–H groups in total. The van der Waals surface area contributed by atoms with E-state index in [1.165, 1.54) is 0 Å². The Morgan fingerprint density at radius 2 is 1.63 bits per heavy atom. The topological polar surface area (TPSA) is 83.1 Å². The van der Waals surface area contributed by atoms with Gasteiger partial charge in [0.25, 0.3) is 0 Å². The minimum Gasteiger partial charge on any atom is -0.496 e. The van der Waals surface area contributed by atoms with E-state index in [9.17, 15) is 9.59 Å². The molecule has 2 atom stereocenters. The highest BCUT2D eigenvalue weighted by atomic mass is 16.5. The number of esters is 1. The molecule has 0 amide bonds. The number of Topliss-reactive ketones (excluding diaryl/α,β-unsaturated/α-hetero) is 1. The minimum absolute atomic E-state index is 0.0164. The summed E-state index contributed by atoms with van der Waals surface area (Å²) >= 11 is 0. The first-order chi connectivity index (χ1) is 19.9. The van der Waals surface area contributed by atoms with E-state index in [-0.39, 0.29) is 18.3 Å². The number of hydrogen-bond acceptors (Lipinski definition) is 7. The van der Waals surface area contributed by atoms with Gasteiger partial charge in [-0.25, -0.2) is 4.79 Å². The van der Waals surface area contributed by atoms with Gasteiger partial charge in [-0.2, -0.15) is 0 Å². The molecule has 2 aliphatic rings. The number of carbonyl (C=O) groups excluding carboxylic acids is 2. The summed E-state index contributed by atoms with van der Waals surface area (Å²) in [5.74, 6) is 0.744. The summed E-state index contributed by atoms with van der Waals surface area (Å²) in [4.78, 5) is 27.2. The van der Waals surface area contributed by atoms with Gasteiger partial charge >= 0.3 is 5.97 Å². The Hall–Kier alpha value is -4.52. The molecule has 0 radical (unpaired) electrons. The second kappa shape index (κ2) is 12.3. The highest BCUT2D eigenvalue weighted by Gasteiger charge is 2.42. The molecule has 212 valence electrons. The minimum atomic E-state index is -0.603. The van der Waals surface area contributed by atoms with Gasteiger partial charge in [0.05, 0.1) is 26.4 Å². The Kier molecular flexibility index (Phi) is 8.43. The molecule has 0 aromatic heterocycles. The molecule has 7 nitrogen and oxygen atoms in total. The van der Waals surface area contributed by atoms with Crippen molar-refractivity contribution in [3.05, 3.63) is 112 Å². The quantitative estimate of drug-likeness (QED) is 0.316. The standard InChI is InChI=1S/C34H35NO6/c1-5-40-34(37)31-21(2)35-26-17-24(25-13-9-10-14-28(25)38-3)18-27(36)33(26)32(31)23-15-16-29(30(19-23)39-4)41-20-22-11-7-6-8-12-22/h6-16,19,24,32,35H,5,17-18,20H2,1-4H3. The smallest absolute Gasteiger partial charge is 0.336 e. The summed E-state index contributed by atoms with van der Waals surface area (Å²) in [7, 11) is 3.22. The van der Waals surface area contributed by atoms with Crippen LogP contribution >= 0.6 is 0 Å². The van der Waals surface area contributed by atoms with Crippen LogP contribution in [0.25, 0.3) is 0 Å². The normalized spacial score (nSPS) is 18.4. The highest BCUT2D eigenvalue weighted by molar-refractivity contribution is 6.04. The molecule has 1 aliphatic carbocycles. The lowest BCUT2D eigenvalue weighted by Crippen LogP contribution is -2.36. The number of carbonyl (C=O) groups is 2. The first-order valence-electron chi connectivity index (χ1n) is 13.8. The second-order valence-electron chi connectivity index (χ2n) is 10.2. The maximum Gasteiger partial charge on any atom is 0.336 e. The molecule has 41 heavy (non-hydrogen) atoms. The number of para-hydroxylation sites is 1. The molecule has 0 spiro atoms. The molecule has 0 fully saturated rings. The molecular formula is C34H35NO6. The van der Waals surface area contributed by atoms with Crippen molar-refractivity contribution in [2.45, 2.75) is 45.1 Å². The summed E-state index contributed by atoms with van der Waals surface area (Å²) in [5.41, 5.74) is 5.29. The zero-order chi connectivity index (χ0) is 28.9. The fourth-order valence-electron chi connectivity index (χ4n) is 5.79. The summed E-state index contributed by atoms with van der Waals surface area (Å²) in [6.45, 7) is 4.24. The van der Waals surface area contributed by atoms with Crippen molar-refractivity contribution in [1.29, 1.82) is 0 Å². The molecule has 3 aromatic rings. The monoisotopic (exact) mass is 553 g/mol. The van der Waals surface area contributed by atoms with Crippen LogP contribution in [0.4, 0.5) is 0 Å². The number of allylic oxidation sites excluding steroid dienone is 3. The third-order valence-electron chi connectivity index (χ3n) is 7.66. The van der Waals surface area contributed by atoms with E-state index in [2.05, 4.69) is 5.32 Å². The van der Waals surface area contributed by atoms with Crippen LogP contribution < -0.4 is 19.5 Å².